The van der Waals surface area contributed by atoms with E-state index >= 15 is 0 Å². The summed E-state index contributed by atoms with van der Waals surface area (Å²) in [5.41, 5.74) is 3.06. The van der Waals surface area contributed by atoms with E-state index in [2.05, 4.69) is 4.98 Å². The number of aromatic nitrogens is 1. The molecule has 0 N–H and O–H groups in total. The van der Waals surface area contributed by atoms with Gasteiger partial charge in [0.1, 0.15) is 16.7 Å². The maximum atomic E-state index is 12.8. The second kappa shape index (κ2) is 8.40. The first-order chi connectivity index (χ1) is 14.3. The summed E-state index contributed by atoms with van der Waals surface area (Å²) >= 11 is 7.51. The highest BCUT2D eigenvalue weighted by Crippen LogP contribution is 2.35. The van der Waals surface area contributed by atoms with Gasteiger partial charge in [0.15, 0.2) is 5.78 Å². The molecule has 0 spiro atoms. The Balaban J connectivity index is 1.39. The van der Waals surface area contributed by atoms with Crippen molar-refractivity contribution in [3.63, 3.8) is 0 Å². The number of rotatable bonds is 6. The summed E-state index contributed by atoms with van der Waals surface area (Å²) in [7, 11) is 0. The van der Waals surface area contributed by atoms with Gasteiger partial charge in [-0.2, -0.15) is 0 Å². The van der Waals surface area contributed by atoms with Gasteiger partial charge in [-0.25, -0.2) is 4.98 Å². The highest BCUT2D eigenvalue weighted by Gasteiger charge is 2.40. The number of hydrogen-bond acceptors (Lipinski definition) is 6. The lowest BCUT2D eigenvalue weighted by Crippen LogP contribution is -2.44. The molecule has 1 unspecified atom stereocenters. The zero-order chi connectivity index (χ0) is 21.4. The van der Waals surface area contributed by atoms with E-state index in [1.807, 2.05) is 24.4 Å². The van der Waals surface area contributed by atoms with Crippen LogP contribution >= 0.6 is 22.9 Å². The summed E-state index contributed by atoms with van der Waals surface area (Å²) in [5, 5.41) is 2.23. The third-order valence-electron chi connectivity index (χ3n) is 5.72. The Hall–Kier alpha value is -2.38. The molecular formula is C22H21ClN2O4S. The molecular weight excluding hydrogens is 424 g/mol. The Morgan fingerprint density at radius 3 is 2.83 bits per heavy atom. The molecule has 6 nitrogen and oxygen atoms in total. The van der Waals surface area contributed by atoms with Gasteiger partial charge in [0.2, 0.25) is 0 Å². The van der Waals surface area contributed by atoms with Gasteiger partial charge in [0.25, 0.3) is 5.91 Å². The van der Waals surface area contributed by atoms with Crippen molar-refractivity contribution in [3.8, 4) is 0 Å². The number of fused-ring (bicyclic) bond motifs is 1. The first-order valence-electron chi connectivity index (χ1n) is 9.92. The quantitative estimate of drug-likeness (QED) is 0.503. The van der Waals surface area contributed by atoms with Gasteiger partial charge in [-0.15, -0.1) is 11.3 Å². The van der Waals surface area contributed by atoms with Crippen LogP contribution in [-0.2, 0) is 33.8 Å². The number of carbonyl (C=O) groups is 4. The van der Waals surface area contributed by atoms with Crippen LogP contribution in [0.4, 0.5) is 0 Å². The molecule has 2 aromatic rings. The van der Waals surface area contributed by atoms with Crippen molar-refractivity contribution in [1.82, 2.24) is 9.88 Å². The van der Waals surface area contributed by atoms with Crippen molar-refractivity contribution in [1.29, 1.82) is 0 Å². The van der Waals surface area contributed by atoms with Crippen molar-refractivity contribution in [2.24, 2.45) is 0 Å². The maximum Gasteiger partial charge on any atom is 0.255 e. The van der Waals surface area contributed by atoms with Crippen LogP contribution < -0.4 is 0 Å². The fourth-order valence-electron chi connectivity index (χ4n) is 4.01. The number of thiophene rings is 1. The second-order valence-electron chi connectivity index (χ2n) is 7.85. The lowest BCUT2D eigenvalue weighted by Gasteiger charge is -2.29. The van der Waals surface area contributed by atoms with E-state index in [4.69, 9.17) is 11.6 Å². The molecule has 1 saturated carbocycles. The van der Waals surface area contributed by atoms with Crippen LogP contribution in [0, 0.1) is 6.92 Å². The number of Topliss-reactive ketones (excluding diaryl/α,β-unsaturated/α-hetero) is 3. The van der Waals surface area contributed by atoms with E-state index in [0.717, 1.165) is 16.0 Å². The number of amides is 1. The minimum atomic E-state index is -0.514. The zero-order valence-corrected chi connectivity index (χ0v) is 18.1. The van der Waals surface area contributed by atoms with Crippen LogP contribution in [0.25, 0.3) is 0 Å². The highest BCUT2D eigenvalue weighted by atomic mass is 35.5. The van der Waals surface area contributed by atoms with Crippen LogP contribution in [0.15, 0.2) is 17.5 Å². The predicted octanol–water partition coefficient (Wildman–Crippen LogP) is 3.50. The second-order valence-corrected chi connectivity index (χ2v) is 9.17. The predicted molar refractivity (Wildman–Crippen MR) is 113 cm³/mol. The van der Waals surface area contributed by atoms with Gasteiger partial charge in [-0.05, 0) is 37.0 Å². The van der Waals surface area contributed by atoms with Crippen LogP contribution in [0.3, 0.4) is 0 Å². The third kappa shape index (κ3) is 4.09. The fourth-order valence-corrected chi connectivity index (χ4v) is 5.22. The number of nitrogens with zero attached hydrogens (tertiary/aromatic N) is 2. The average molecular weight is 445 g/mol. The van der Waals surface area contributed by atoms with E-state index in [1.165, 1.54) is 11.3 Å². The monoisotopic (exact) mass is 444 g/mol. The summed E-state index contributed by atoms with van der Waals surface area (Å²) in [6.07, 6.45) is 1.78. The molecule has 8 heteroatoms. The minimum Gasteiger partial charge on any atom is -0.324 e. The Labute approximate surface area is 183 Å². The Morgan fingerprint density at radius 2 is 2.10 bits per heavy atom. The number of halogens is 1. The zero-order valence-electron chi connectivity index (χ0n) is 16.6. The molecule has 0 bridgehead atoms. The Morgan fingerprint density at radius 1 is 1.30 bits per heavy atom. The van der Waals surface area contributed by atoms with Gasteiger partial charge >= 0.3 is 0 Å². The molecule has 1 atom stereocenters. The lowest BCUT2D eigenvalue weighted by molar-refractivity contribution is -0.133. The van der Waals surface area contributed by atoms with E-state index in [9.17, 15) is 19.2 Å². The van der Waals surface area contributed by atoms with Crippen molar-refractivity contribution < 1.29 is 19.2 Å². The largest absolute Gasteiger partial charge is 0.324 e. The molecule has 1 amide bonds. The Kier molecular flexibility index (Phi) is 5.84. The fraction of sp³-hybridized carbons (Fsp3) is 0.409. The number of pyridine rings is 1. The molecule has 0 saturated heterocycles. The van der Waals surface area contributed by atoms with Crippen LogP contribution in [0.1, 0.15) is 57.7 Å². The van der Waals surface area contributed by atoms with Gasteiger partial charge in [0.05, 0.1) is 18.0 Å². The summed E-state index contributed by atoms with van der Waals surface area (Å²) < 4.78 is 0. The molecule has 1 aliphatic heterocycles. The maximum absolute atomic E-state index is 12.8. The summed E-state index contributed by atoms with van der Waals surface area (Å²) in [5.74, 6) is -0.313. The summed E-state index contributed by atoms with van der Waals surface area (Å²) in [6.45, 7) is 2.24. The van der Waals surface area contributed by atoms with Gasteiger partial charge in [-0.3, -0.25) is 19.2 Å². The lowest BCUT2D eigenvalue weighted by atomic mass is 9.92. The molecule has 2 aromatic heterocycles. The molecule has 1 fully saturated rings. The first-order valence-corrected chi connectivity index (χ1v) is 11.2. The topological polar surface area (TPSA) is 84.4 Å². The first kappa shape index (κ1) is 20.9. The van der Waals surface area contributed by atoms with Crippen LogP contribution in [0.2, 0.25) is 5.15 Å². The molecule has 0 radical (unpaired) electrons. The van der Waals surface area contributed by atoms with Crippen LogP contribution in [0.5, 0.6) is 0 Å². The van der Waals surface area contributed by atoms with E-state index in [-0.39, 0.29) is 36.1 Å². The van der Waals surface area contributed by atoms with Gasteiger partial charge in [0, 0.05) is 41.8 Å². The van der Waals surface area contributed by atoms with Crippen molar-refractivity contribution >= 4 is 46.2 Å². The van der Waals surface area contributed by atoms with E-state index in [1.54, 1.807) is 4.90 Å². The van der Waals surface area contributed by atoms with Gasteiger partial charge in [-0.1, -0.05) is 17.7 Å². The summed E-state index contributed by atoms with van der Waals surface area (Å²) in [6, 6.07) is 3.15. The van der Waals surface area contributed by atoms with Crippen LogP contribution in [-0.4, -0.2) is 39.2 Å². The molecule has 30 heavy (non-hydrogen) atoms. The van der Waals surface area contributed by atoms with Crippen molar-refractivity contribution in [3.05, 3.63) is 49.9 Å². The number of hydrogen-bond donors (Lipinski definition) is 0. The van der Waals surface area contributed by atoms with Gasteiger partial charge < -0.3 is 4.90 Å². The highest BCUT2D eigenvalue weighted by molar-refractivity contribution is 7.10. The number of aryl methyl sites for hydroxylation is 2. The van der Waals surface area contributed by atoms with E-state index in [0.29, 0.717) is 48.6 Å². The van der Waals surface area contributed by atoms with Crippen molar-refractivity contribution in [2.45, 2.75) is 58.0 Å². The van der Waals surface area contributed by atoms with Crippen molar-refractivity contribution in [2.75, 3.05) is 0 Å². The third-order valence-corrected chi connectivity index (χ3v) is 7.19. The minimum absolute atomic E-state index is 0.0550. The molecule has 156 valence electrons. The smallest absolute Gasteiger partial charge is 0.255 e. The molecule has 1 aliphatic carbocycles. The standard InChI is InChI=1S/C22H21ClN2O4S/c1-12-2-3-13(24-21(12)23)8-14(26)5-7-20-16-10-25(22(29)17(16)11-30-20)18-6-4-15(27)9-19(18)28/h2-3,11,18H,4-10H2,1H3. The SMILES string of the molecule is Cc1ccc(CC(=O)CCc2scc3c2CN(C2CCC(=O)CC2=O)C3=O)nc1Cl. The molecule has 2 aliphatic rings. The molecule has 0 aromatic carbocycles. The normalized spacial score (nSPS) is 18.8. The summed E-state index contributed by atoms with van der Waals surface area (Å²) in [4.78, 5) is 55.8. The average Bonchev–Trinajstić information content (AvgIpc) is 3.23. The number of carbonyl (C=O) groups excluding carboxylic acids is 4. The Bertz CT molecular complexity index is 1060. The molecule has 4 rings (SSSR count). The molecule has 3 heterocycles. The number of ketones is 3. The van der Waals surface area contributed by atoms with E-state index < -0.39 is 6.04 Å².